The molecule has 1 saturated heterocycles. The van der Waals surface area contributed by atoms with Gasteiger partial charge >= 0.3 is 0 Å². The van der Waals surface area contributed by atoms with Crippen molar-refractivity contribution in [2.24, 2.45) is 0 Å². The predicted molar refractivity (Wildman–Crippen MR) is 133 cm³/mol. The maximum atomic E-state index is 13.4. The zero-order chi connectivity index (χ0) is 23.3. The van der Waals surface area contributed by atoms with Crippen LogP contribution in [0.25, 0.3) is 5.69 Å². The van der Waals surface area contributed by atoms with Crippen molar-refractivity contribution in [3.63, 3.8) is 0 Å². The first-order valence-electron chi connectivity index (χ1n) is 10.9. The Morgan fingerprint density at radius 1 is 0.941 bits per heavy atom. The maximum Gasteiger partial charge on any atom is 0.255 e. The third-order valence-electron chi connectivity index (χ3n) is 5.61. The van der Waals surface area contributed by atoms with E-state index in [1.54, 1.807) is 22.6 Å². The molecule has 10 heteroatoms. The Balaban J connectivity index is 1.25. The molecule has 3 heterocycles. The molecule has 0 N–H and O–H groups in total. The Hall–Kier alpha value is -3.43. The molecule has 0 aliphatic carbocycles. The number of amides is 1. The van der Waals surface area contributed by atoms with Crippen molar-refractivity contribution < 1.29 is 4.79 Å². The van der Waals surface area contributed by atoms with Gasteiger partial charge in [-0.3, -0.25) is 4.79 Å². The summed E-state index contributed by atoms with van der Waals surface area (Å²) < 4.78 is 1.72. The van der Waals surface area contributed by atoms with Crippen LogP contribution >= 0.6 is 23.4 Å². The second-order valence-corrected chi connectivity index (χ2v) is 9.19. The van der Waals surface area contributed by atoms with Crippen LogP contribution in [-0.4, -0.2) is 62.2 Å². The van der Waals surface area contributed by atoms with Crippen LogP contribution in [-0.2, 0) is 5.75 Å². The van der Waals surface area contributed by atoms with Gasteiger partial charge in [0.1, 0.15) is 5.82 Å². The van der Waals surface area contributed by atoms with Crippen molar-refractivity contribution in [2.45, 2.75) is 10.6 Å². The zero-order valence-corrected chi connectivity index (χ0v) is 19.9. The molecule has 2 aromatic carbocycles. The van der Waals surface area contributed by atoms with Crippen LogP contribution in [0.3, 0.4) is 0 Å². The molecule has 34 heavy (non-hydrogen) atoms. The molecule has 4 aromatic rings. The van der Waals surface area contributed by atoms with E-state index in [0.29, 0.717) is 29.4 Å². The summed E-state index contributed by atoms with van der Waals surface area (Å²) in [6.45, 7) is 2.71. The Morgan fingerprint density at radius 2 is 1.71 bits per heavy atom. The number of thioether (sulfide) groups is 1. The van der Waals surface area contributed by atoms with E-state index < -0.39 is 0 Å². The fourth-order valence-electron chi connectivity index (χ4n) is 3.84. The summed E-state index contributed by atoms with van der Waals surface area (Å²) in [5.74, 6) is 2.18. The van der Waals surface area contributed by atoms with Crippen molar-refractivity contribution in [2.75, 3.05) is 31.1 Å². The van der Waals surface area contributed by atoms with Gasteiger partial charge in [0.05, 0.1) is 22.0 Å². The molecule has 0 atom stereocenters. The summed E-state index contributed by atoms with van der Waals surface area (Å²) in [6, 6.07) is 21.2. The van der Waals surface area contributed by atoms with E-state index >= 15 is 0 Å². The van der Waals surface area contributed by atoms with Gasteiger partial charge in [0.15, 0.2) is 5.82 Å². The third kappa shape index (κ3) is 4.90. The monoisotopic (exact) mass is 491 g/mol. The van der Waals surface area contributed by atoms with Crippen LogP contribution in [0.15, 0.2) is 77.8 Å². The topological polar surface area (TPSA) is 80.0 Å². The number of nitrogens with zero attached hydrogens (tertiary/aromatic N) is 7. The lowest BCUT2D eigenvalue weighted by Crippen LogP contribution is -2.49. The molecule has 0 spiro atoms. The van der Waals surface area contributed by atoms with Crippen molar-refractivity contribution in [3.8, 4) is 5.69 Å². The first-order valence-corrected chi connectivity index (χ1v) is 12.3. The minimum Gasteiger partial charge on any atom is -0.353 e. The number of aromatic nitrogens is 5. The average molecular weight is 492 g/mol. The van der Waals surface area contributed by atoms with E-state index in [1.807, 2.05) is 71.6 Å². The lowest BCUT2D eigenvalue weighted by molar-refractivity contribution is 0.0743. The number of rotatable bonds is 6. The van der Waals surface area contributed by atoms with Crippen LogP contribution in [0.4, 0.5) is 5.82 Å². The smallest absolute Gasteiger partial charge is 0.255 e. The molecular formula is C24H22ClN7OS. The molecule has 0 unspecified atom stereocenters. The van der Waals surface area contributed by atoms with E-state index in [9.17, 15) is 4.79 Å². The number of hydrogen-bond acceptors (Lipinski definition) is 7. The minimum atomic E-state index is 0.0365. The number of piperazine rings is 1. The Morgan fingerprint density at radius 3 is 2.47 bits per heavy atom. The number of anilines is 1. The number of pyridine rings is 1. The number of hydrogen-bond donors (Lipinski definition) is 0. The summed E-state index contributed by atoms with van der Waals surface area (Å²) in [4.78, 5) is 22.8. The molecule has 1 fully saturated rings. The Labute approximate surface area is 206 Å². The van der Waals surface area contributed by atoms with Crippen LogP contribution in [0.5, 0.6) is 0 Å². The summed E-state index contributed by atoms with van der Waals surface area (Å²) >= 11 is 7.51. The van der Waals surface area contributed by atoms with Crippen LogP contribution in [0, 0.1) is 0 Å². The molecule has 0 radical (unpaired) electrons. The van der Waals surface area contributed by atoms with E-state index in [0.717, 1.165) is 35.3 Å². The highest BCUT2D eigenvalue weighted by atomic mass is 35.5. The molecule has 0 saturated carbocycles. The lowest BCUT2D eigenvalue weighted by atomic mass is 10.2. The van der Waals surface area contributed by atoms with Gasteiger partial charge in [0.2, 0.25) is 0 Å². The van der Waals surface area contributed by atoms with Crippen molar-refractivity contribution >= 4 is 35.1 Å². The maximum absolute atomic E-state index is 13.4. The van der Waals surface area contributed by atoms with Crippen LogP contribution in [0.1, 0.15) is 16.2 Å². The lowest BCUT2D eigenvalue weighted by Gasteiger charge is -2.35. The molecule has 1 aliphatic rings. The average Bonchev–Trinajstić information content (AvgIpc) is 3.37. The highest BCUT2D eigenvalue weighted by Gasteiger charge is 2.24. The highest BCUT2D eigenvalue weighted by molar-refractivity contribution is 7.98. The summed E-state index contributed by atoms with van der Waals surface area (Å²) in [5.41, 5.74) is 1.60. The van der Waals surface area contributed by atoms with Gasteiger partial charge < -0.3 is 9.80 Å². The fraction of sp³-hybridized carbons (Fsp3) is 0.208. The first kappa shape index (κ1) is 22.4. The fourth-order valence-corrected chi connectivity index (χ4v) is 4.90. The minimum absolute atomic E-state index is 0.0365. The standard InChI is InChI=1S/C24H22ClN7OS/c25-18-10-11-22(26-16-18)30-12-14-31(15-13-30)24(33)20-8-4-5-9-21(20)34-17-23-27-28-29-32(23)19-6-2-1-3-7-19/h1-11,16H,12-15,17H2. The first-order chi connectivity index (χ1) is 16.7. The van der Waals surface area contributed by atoms with E-state index in [4.69, 9.17) is 11.6 Å². The molecule has 1 amide bonds. The number of carbonyl (C=O) groups is 1. The van der Waals surface area contributed by atoms with E-state index in [1.165, 1.54) is 0 Å². The van der Waals surface area contributed by atoms with Gasteiger partial charge in [0.25, 0.3) is 5.91 Å². The second kappa shape index (κ2) is 10.2. The SMILES string of the molecule is O=C(c1ccccc1SCc1nnnn1-c1ccccc1)N1CCN(c2ccc(Cl)cn2)CC1. The van der Waals surface area contributed by atoms with Gasteiger partial charge in [-0.2, -0.15) is 4.68 Å². The molecular weight excluding hydrogens is 470 g/mol. The van der Waals surface area contributed by atoms with Gasteiger partial charge in [-0.1, -0.05) is 41.9 Å². The normalized spacial score (nSPS) is 13.8. The molecule has 0 bridgehead atoms. The molecule has 8 nitrogen and oxygen atoms in total. The van der Waals surface area contributed by atoms with Crippen molar-refractivity contribution in [1.82, 2.24) is 30.1 Å². The van der Waals surface area contributed by atoms with Gasteiger partial charge in [-0.05, 0) is 46.8 Å². The summed E-state index contributed by atoms with van der Waals surface area (Å²) in [6.07, 6.45) is 1.65. The quantitative estimate of drug-likeness (QED) is 0.377. The Bertz CT molecular complexity index is 1260. The van der Waals surface area contributed by atoms with E-state index in [-0.39, 0.29) is 5.91 Å². The molecule has 1 aliphatic heterocycles. The van der Waals surface area contributed by atoms with E-state index in [2.05, 4.69) is 25.4 Å². The van der Waals surface area contributed by atoms with Crippen LogP contribution in [0.2, 0.25) is 5.02 Å². The second-order valence-electron chi connectivity index (χ2n) is 7.74. The van der Waals surface area contributed by atoms with Gasteiger partial charge in [-0.25, -0.2) is 4.98 Å². The van der Waals surface area contributed by atoms with Crippen molar-refractivity contribution in [1.29, 1.82) is 0 Å². The number of halogens is 1. The highest BCUT2D eigenvalue weighted by Crippen LogP contribution is 2.28. The van der Waals surface area contributed by atoms with Crippen molar-refractivity contribution in [3.05, 3.63) is 89.3 Å². The summed E-state index contributed by atoms with van der Waals surface area (Å²) in [5, 5.41) is 12.7. The number of tetrazole rings is 1. The summed E-state index contributed by atoms with van der Waals surface area (Å²) in [7, 11) is 0. The molecule has 172 valence electrons. The zero-order valence-electron chi connectivity index (χ0n) is 18.3. The molecule has 5 rings (SSSR count). The third-order valence-corrected chi connectivity index (χ3v) is 6.90. The van der Waals surface area contributed by atoms with Gasteiger partial charge in [0, 0.05) is 37.3 Å². The Kier molecular flexibility index (Phi) is 6.73. The van der Waals surface area contributed by atoms with Crippen LogP contribution < -0.4 is 4.90 Å². The predicted octanol–water partition coefficient (Wildman–Crippen LogP) is 3.97. The number of carbonyl (C=O) groups excluding carboxylic acids is 1. The largest absolute Gasteiger partial charge is 0.353 e. The number of benzene rings is 2. The molecule has 2 aromatic heterocycles. The van der Waals surface area contributed by atoms with Gasteiger partial charge in [-0.15, -0.1) is 16.9 Å². The number of para-hydroxylation sites is 1.